The predicted octanol–water partition coefficient (Wildman–Crippen LogP) is 0.168. The third-order valence-electron chi connectivity index (χ3n) is 1.43. The Kier molecular flexibility index (Phi) is 6.39. The molecule has 2 N–H and O–H groups in total. The van der Waals surface area contributed by atoms with Crippen LogP contribution in [0.1, 0.15) is 13.3 Å². The summed E-state index contributed by atoms with van der Waals surface area (Å²) in [6, 6.07) is -0.975. The number of hydrogen-bond acceptors (Lipinski definition) is 3. The predicted molar refractivity (Wildman–Crippen MR) is 50.9 cm³/mol. The first-order valence-corrected chi connectivity index (χ1v) is 4.26. The third kappa shape index (κ3) is 6.19. The zero-order valence-electron chi connectivity index (χ0n) is 8.16. The molecule has 5 nitrogen and oxygen atoms in total. The summed E-state index contributed by atoms with van der Waals surface area (Å²) in [5.74, 6) is -1.48. The molecule has 0 heterocycles. The fourth-order valence-electron chi connectivity index (χ4n) is 0.788. The molecule has 0 saturated carbocycles. The van der Waals surface area contributed by atoms with Crippen LogP contribution in [0.3, 0.4) is 0 Å². The topological polar surface area (TPSA) is 75.6 Å². The molecule has 0 bridgehead atoms. The Bertz CT molecular complexity index is 215. The van der Waals surface area contributed by atoms with Gasteiger partial charge in [-0.25, -0.2) is 4.79 Å². The van der Waals surface area contributed by atoms with E-state index >= 15 is 0 Å². The highest BCUT2D eigenvalue weighted by atomic mass is 16.5. The van der Waals surface area contributed by atoms with Gasteiger partial charge in [-0.3, -0.25) is 4.79 Å². The van der Waals surface area contributed by atoms with Gasteiger partial charge in [-0.1, -0.05) is 6.08 Å². The van der Waals surface area contributed by atoms with Gasteiger partial charge >= 0.3 is 5.97 Å². The summed E-state index contributed by atoms with van der Waals surface area (Å²) in [7, 11) is 0. The maximum Gasteiger partial charge on any atom is 0.328 e. The largest absolute Gasteiger partial charge is 0.480 e. The average molecular weight is 201 g/mol. The molecule has 5 heteroatoms. The van der Waals surface area contributed by atoms with Crippen molar-refractivity contribution in [2.24, 2.45) is 0 Å². The average Bonchev–Trinajstić information content (AvgIpc) is 2.09. The van der Waals surface area contributed by atoms with Gasteiger partial charge in [-0.15, -0.1) is 6.58 Å². The van der Waals surface area contributed by atoms with Gasteiger partial charge in [0, 0.05) is 6.92 Å². The molecule has 0 unspecified atom stereocenters. The highest BCUT2D eigenvalue weighted by Crippen LogP contribution is 1.89. The van der Waals surface area contributed by atoms with Crippen LogP contribution in [-0.2, 0) is 14.3 Å². The van der Waals surface area contributed by atoms with Crippen molar-refractivity contribution in [1.82, 2.24) is 5.32 Å². The van der Waals surface area contributed by atoms with Crippen molar-refractivity contribution in [1.29, 1.82) is 0 Å². The zero-order valence-corrected chi connectivity index (χ0v) is 8.16. The molecule has 0 aliphatic carbocycles. The number of carbonyl (C=O) groups is 2. The molecule has 0 aromatic rings. The lowest BCUT2D eigenvalue weighted by Gasteiger charge is -2.12. The molecule has 0 spiro atoms. The molecule has 14 heavy (non-hydrogen) atoms. The lowest BCUT2D eigenvalue weighted by atomic mass is 10.3. The lowest BCUT2D eigenvalue weighted by molar-refractivity contribution is -0.143. The van der Waals surface area contributed by atoms with Crippen LogP contribution in [0.15, 0.2) is 12.7 Å². The molecule has 0 radical (unpaired) electrons. The highest BCUT2D eigenvalue weighted by Gasteiger charge is 2.17. The van der Waals surface area contributed by atoms with E-state index < -0.39 is 12.0 Å². The number of amides is 1. The molecule has 0 saturated heterocycles. The minimum Gasteiger partial charge on any atom is -0.480 e. The van der Waals surface area contributed by atoms with Crippen LogP contribution in [0.25, 0.3) is 0 Å². The normalized spacial score (nSPS) is 11.8. The maximum absolute atomic E-state index is 10.6. The third-order valence-corrected chi connectivity index (χ3v) is 1.43. The van der Waals surface area contributed by atoms with E-state index in [4.69, 9.17) is 9.84 Å². The minimum absolute atomic E-state index is 0.0250. The first-order valence-electron chi connectivity index (χ1n) is 4.26. The molecule has 0 aromatic carbocycles. The Morgan fingerprint density at radius 1 is 1.64 bits per heavy atom. The fraction of sp³-hybridized carbons (Fsp3) is 0.556. The molecule has 1 atom stereocenters. The van der Waals surface area contributed by atoms with Crippen LogP contribution in [0.2, 0.25) is 0 Å². The van der Waals surface area contributed by atoms with Gasteiger partial charge in [-0.2, -0.15) is 0 Å². The van der Waals surface area contributed by atoms with Gasteiger partial charge in [0.2, 0.25) is 5.91 Å². The van der Waals surface area contributed by atoms with Gasteiger partial charge in [0.1, 0.15) is 0 Å². The highest BCUT2D eigenvalue weighted by molar-refractivity contribution is 5.82. The van der Waals surface area contributed by atoms with Crippen LogP contribution in [0.5, 0.6) is 0 Å². The van der Waals surface area contributed by atoms with Gasteiger partial charge < -0.3 is 15.2 Å². The number of carbonyl (C=O) groups excluding carboxylic acids is 1. The van der Waals surface area contributed by atoms with Gasteiger partial charge in [0.25, 0.3) is 0 Å². The summed E-state index contributed by atoms with van der Waals surface area (Å²) in [4.78, 5) is 21.2. The molecule has 1 amide bonds. The Hall–Kier alpha value is -1.36. The van der Waals surface area contributed by atoms with Crippen LogP contribution in [0.4, 0.5) is 0 Å². The Labute approximate surface area is 82.7 Å². The second kappa shape index (κ2) is 7.08. The first kappa shape index (κ1) is 12.6. The Morgan fingerprint density at radius 2 is 2.29 bits per heavy atom. The summed E-state index contributed by atoms with van der Waals surface area (Å²) in [5, 5.41) is 10.9. The first-order chi connectivity index (χ1) is 6.57. The number of aliphatic carboxylic acids is 1. The second-order valence-electron chi connectivity index (χ2n) is 2.74. The van der Waals surface area contributed by atoms with E-state index in [0.717, 1.165) is 0 Å². The maximum atomic E-state index is 10.6. The number of ether oxygens (including phenoxy) is 1. The number of carboxylic acids is 1. The van der Waals surface area contributed by atoms with Crippen molar-refractivity contribution in [2.45, 2.75) is 19.4 Å². The van der Waals surface area contributed by atoms with Crippen molar-refractivity contribution in [3.63, 3.8) is 0 Å². The minimum atomic E-state index is -1.10. The van der Waals surface area contributed by atoms with Gasteiger partial charge in [0.15, 0.2) is 6.04 Å². The lowest BCUT2D eigenvalue weighted by Crippen LogP contribution is -2.43. The van der Waals surface area contributed by atoms with Crippen molar-refractivity contribution in [2.75, 3.05) is 13.2 Å². The number of carboxylic acid groups (broad SMARTS) is 1. The van der Waals surface area contributed by atoms with Gasteiger partial charge in [0.05, 0.1) is 13.2 Å². The van der Waals surface area contributed by atoms with E-state index in [2.05, 4.69) is 11.9 Å². The summed E-state index contributed by atoms with van der Waals surface area (Å²) in [6.45, 7) is 5.14. The van der Waals surface area contributed by atoms with E-state index in [9.17, 15) is 9.59 Å². The number of nitrogens with one attached hydrogen (secondary N) is 1. The number of rotatable bonds is 7. The molecular weight excluding hydrogens is 186 g/mol. The van der Waals surface area contributed by atoms with E-state index in [1.54, 1.807) is 6.08 Å². The Balaban J connectivity index is 3.79. The van der Waals surface area contributed by atoms with Crippen LogP contribution < -0.4 is 5.32 Å². The summed E-state index contributed by atoms with van der Waals surface area (Å²) >= 11 is 0. The monoisotopic (exact) mass is 201 g/mol. The van der Waals surface area contributed by atoms with E-state index in [1.165, 1.54) is 6.92 Å². The van der Waals surface area contributed by atoms with Crippen LogP contribution >= 0.6 is 0 Å². The van der Waals surface area contributed by atoms with Crippen molar-refractivity contribution in [3.05, 3.63) is 12.7 Å². The zero-order chi connectivity index (χ0) is 11.0. The van der Waals surface area contributed by atoms with E-state index in [0.29, 0.717) is 13.0 Å². The van der Waals surface area contributed by atoms with E-state index in [1.807, 2.05) is 0 Å². The van der Waals surface area contributed by atoms with Crippen molar-refractivity contribution >= 4 is 11.9 Å². The molecule has 0 aromatic heterocycles. The van der Waals surface area contributed by atoms with Crippen molar-refractivity contribution in [3.8, 4) is 0 Å². The fourth-order valence-corrected chi connectivity index (χ4v) is 0.788. The molecule has 0 rings (SSSR count). The van der Waals surface area contributed by atoms with Crippen LogP contribution in [-0.4, -0.2) is 36.2 Å². The van der Waals surface area contributed by atoms with E-state index in [-0.39, 0.29) is 12.5 Å². The van der Waals surface area contributed by atoms with Crippen LogP contribution in [0, 0.1) is 0 Å². The summed E-state index contributed by atoms with van der Waals surface area (Å²) in [6.07, 6.45) is 2.33. The number of hydrogen-bond donors (Lipinski definition) is 2. The molecule has 80 valence electrons. The smallest absolute Gasteiger partial charge is 0.328 e. The SMILES string of the molecule is C=CCCOC[C@@H](NC(C)=O)C(=O)O. The Morgan fingerprint density at radius 3 is 2.71 bits per heavy atom. The quantitative estimate of drug-likeness (QED) is 0.454. The summed E-state index contributed by atoms with van der Waals surface area (Å²) in [5.41, 5.74) is 0. The summed E-state index contributed by atoms with van der Waals surface area (Å²) < 4.78 is 5.03. The standard InChI is InChI=1S/C9H15NO4/c1-3-4-5-14-6-8(9(12)13)10-7(2)11/h3,8H,1,4-6H2,2H3,(H,10,11)(H,12,13)/t8-/m1/s1. The molecule has 0 aliphatic heterocycles. The second-order valence-corrected chi connectivity index (χ2v) is 2.74. The van der Waals surface area contributed by atoms with Gasteiger partial charge in [-0.05, 0) is 6.42 Å². The molecule has 0 aliphatic rings. The molecular formula is C9H15NO4. The molecule has 0 fully saturated rings. The van der Waals surface area contributed by atoms with Crippen molar-refractivity contribution < 1.29 is 19.4 Å².